The number of rotatable bonds is 8. The summed E-state index contributed by atoms with van der Waals surface area (Å²) in [6.45, 7) is 3.02. The molecular formula is C17H23ClFNO8. The molecule has 158 valence electrons. The van der Waals surface area contributed by atoms with E-state index in [4.69, 9.17) is 16.3 Å². The lowest BCUT2D eigenvalue weighted by Crippen LogP contribution is -2.11. The van der Waals surface area contributed by atoms with Crippen molar-refractivity contribution in [2.45, 2.75) is 32.8 Å². The summed E-state index contributed by atoms with van der Waals surface area (Å²) in [5, 5.41) is 19.9. The van der Waals surface area contributed by atoms with Gasteiger partial charge in [0.2, 0.25) is 6.54 Å². The number of carbonyl (C=O) groups is 2. The molecule has 1 rings (SSSR count). The first-order chi connectivity index (χ1) is 13.1. The smallest absolute Gasteiger partial charge is 0.316 e. The number of esters is 2. The maximum Gasteiger partial charge on any atom is 0.316 e. The summed E-state index contributed by atoms with van der Waals surface area (Å²) >= 11 is 5.74. The van der Waals surface area contributed by atoms with E-state index in [0.29, 0.717) is 5.56 Å². The number of benzene rings is 1. The van der Waals surface area contributed by atoms with Crippen LogP contribution in [0.15, 0.2) is 6.07 Å². The van der Waals surface area contributed by atoms with Crippen LogP contribution in [0.2, 0.25) is 5.02 Å². The normalized spacial score (nSPS) is 11.0. The molecule has 0 fully saturated rings. The topological polar surface area (TPSA) is 125 Å². The highest BCUT2D eigenvalue weighted by molar-refractivity contribution is 6.31. The molecule has 11 heteroatoms. The van der Waals surface area contributed by atoms with Crippen LogP contribution in [0.25, 0.3) is 0 Å². The summed E-state index contributed by atoms with van der Waals surface area (Å²) in [7, 11) is 2.43. The number of carbonyl (C=O) groups excluding carboxylic acids is 2. The fourth-order valence-corrected chi connectivity index (χ4v) is 2.23. The number of aliphatic hydroxyl groups excluding tert-OH is 1. The Hall–Kier alpha value is -2.46. The van der Waals surface area contributed by atoms with Crippen molar-refractivity contribution >= 4 is 23.5 Å². The van der Waals surface area contributed by atoms with Crippen LogP contribution in [0.3, 0.4) is 0 Å². The Kier molecular flexibility index (Phi) is 11.7. The van der Waals surface area contributed by atoms with Gasteiger partial charge in [-0.2, -0.15) is 0 Å². The maximum absolute atomic E-state index is 14.0. The molecule has 0 radical (unpaired) electrons. The summed E-state index contributed by atoms with van der Waals surface area (Å²) in [5.41, 5.74) is 0.355. The van der Waals surface area contributed by atoms with Gasteiger partial charge in [0.15, 0.2) is 0 Å². The summed E-state index contributed by atoms with van der Waals surface area (Å²) < 4.78 is 27.6. The van der Waals surface area contributed by atoms with E-state index in [1.54, 1.807) is 6.92 Å². The maximum atomic E-state index is 14.0. The summed E-state index contributed by atoms with van der Waals surface area (Å²) in [4.78, 5) is 30.4. The van der Waals surface area contributed by atoms with E-state index in [-0.39, 0.29) is 35.8 Å². The van der Waals surface area contributed by atoms with Gasteiger partial charge in [-0.1, -0.05) is 11.6 Å². The molecule has 0 amide bonds. The molecule has 0 saturated heterocycles. The molecule has 1 aromatic carbocycles. The molecule has 0 bridgehead atoms. The van der Waals surface area contributed by atoms with Gasteiger partial charge in [-0.3, -0.25) is 19.7 Å². The van der Waals surface area contributed by atoms with Crippen molar-refractivity contribution in [3.05, 3.63) is 38.1 Å². The minimum Gasteiger partial charge on any atom is -0.493 e. The third-order valence-electron chi connectivity index (χ3n) is 3.32. The van der Waals surface area contributed by atoms with Gasteiger partial charge in [0.1, 0.15) is 18.0 Å². The van der Waals surface area contributed by atoms with Crippen LogP contribution in [0.4, 0.5) is 4.39 Å². The van der Waals surface area contributed by atoms with Crippen LogP contribution in [0, 0.1) is 15.9 Å². The molecular weight excluding hydrogens is 401 g/mol. The lowest BCUT2D eigenvalue weighted by atomic mass is 10.0. The van der Waals surface area contributed by atoms with Gasteiger partial charge >= 0.3 is 11.9 Å². The fourth-order valence-electron chi connectivity index (χ4n) is 2.00. The van der Waals surface area contributed by atoms with Crippen LogP contribution in [0.5, 0.6) is 5.75 Å². The van der Waals surface area contributed by atoms with Gasteiger partial charge in [-0.05, 0) is 19.9 Å². The Balaban J connectivity index is 0.000000684. The highest BCUT2D eigenvalue weighted by Crippen LogP contribution is 2.35. The summed E-state index contributed by atoms with van der Waals surface area (Å²) in [5.74, 6) is -1.76. The van der Waals surface area contributed by atoms with Gasteiger partial charge in [-0.15, -0.1) is 0 Å². The van der Waals surface area contributed by atoms with Gasteiger partial charge in [0.05, 0.1) is 32.0 Å². The highest BCUT2D eigenvalue weighted by Gasteiger charge is 2.22. The predicted molar refractivity (Wildman–Crippen MR) is 97.4 cm³/mol. The third-order valence-corrected chi connectivity index (χ3v) is 3.60. The number of hydrogen-bond donors (Lipinski definition) is 1. The second-order valence-corrected chi connectivity index (χ2v) is 5.72. The molecule has 9 nitrogen and oxygen atoms in total. The average Bonchev–Trinajstić information content (AvgIpc) is 2.64. The van der Waals surface area contributed by atoms with E-state index in [0.717, 1.165) is 0 Å². The van der Waals surface area contributed by atoms with Crippen molar-refractivity contribution in [1.29, 1.82) is 0 Å². The third kappa shape index (κ3) is 8.49. The SMILES string of the molecule is CCOc1c(C(C)O)cc(Cl)c(F)c1CC[N+](=O)[O-].COC(=O)CC(=O)OC. The van der Waals surface area contributed by atoms with Gasteiger partial charge in [0.25, 0.3) is 0 Å². The van der Waals surface area contributed by atoms with Crippen LogP contribution in [-0.2, 0) is 25.5 Å². The molecule has 0 aliphatic carbocycles. The van der Waals surface area contributed by atoms with Crippen molar-refractivity contribution in [1.82, 2.24) is 0 Å². The van der Waals surface area contributed by atoms with E-state index in [2.05, 4.69) is 9.47 Å². The molecule has 1 N–H and O–H groups in total. The zero-order chi connectivity index (χ0) is 21.9. The minimum atomic E-state index is -0.908. The van der Waals surface area contributed by atoms with Crippen molar-refractivity contribution < 1.29 is 38.2 Å². The van der Waals surface area contributed by atoms with E-state index < -0.39 is 35.3 Å². The molecule has 0 heterocycles. The molecule has 0 aliphatic heterocycles. The van der Waals surface area contributed by atoms with Gasteiger partial charge < -0.3 is 19.3 Å². The summed E-state index contributed by atoms with van der Waals surface area (Å²) in [6.07, 6.45) is -1.37. The molecule has 0 saturated carbocycles. The molecule has 0 aromatic heterocycles. The van der Waals surface area contributed by atoms with Crippen molar-refractivity contribution in [3.63, 3.8) is 0 Å². The first-order valence-corrected chi connectivity index (χ1v) is 8.53. The molecule has 1 unspecified atom stereocenters. The van der Waals surface area contributed by atoms with Crippen LogP contribution in [-0.4, -0.2) is 49.3 Å². The molecule has 0 aliphatic rings. The lowest BCUT2D eigenvalue weighted by Gasteiger charge is -2.17. The Morgan fingerprint density at radius 3 is 2.25 bits per heavy atom. The lowest BCUT2D eigenvalue weighted by molar-refractivity contribution is -0.479. The number of nitro groups is 1. The first kappa shape index (κ1) is 25.5. The van der Waals surface area contributed by atoms with Crippen LogP contribution >= 0.6 is 11.6 Å². The Morgan fingerprint density at radius 2 is 1.86 bits per heavy atom. The van der Waals surface area contributed by atoms with E-state index in [9.17, 15) is 29.2 Å². The number of hydrogen-bond acceptors (Lipinski definition) is 8. The first-order valence-electron chi connectivity index (χ1n) is 8.15. The Labute approximate surface area is 166 Å². The largest absolute Gasteiger partial charge is 0.493 e. The number of nitrogens with zero attached hydrogens (tertiary/aromatic N) is 1. The van der Waals surface area contributed by atoms with Crippen LogP contribution < -0.4 is 4.74 Å². The molecule has 1 atom stereocenters. The highest BCUT2D eigenvalue weighted by atomic mass is 35.5. The quantitative estimate of drug-likeness (QED) is 0.292. The summed E-state index contributed by atoms with van der Waals surface area (Å²) in [6, 6.07) is 1.28. The predicted octanol–water partition coefficient (Wildman–Crippen LogP) is 2.47. The standard InChI is InChI=1S/C12H15ClFNO4.C5H8O4/c1-3-19-12-8(4-5-15(17)18)11(14)10(13)6-9(12)7(2)16;1-8-4(6)3-5(7)9-2/h6-7,16H,3-5H2,1-2H3;3H2,1-2H3. The second kappa shape index (κ2) is 12.8. The van der Waals surface area contributed by atoms with Crippen molar-refractivity contribution in [2.24, 2.45) is 0 Å². The zero-order valence-electron chi connectivity index (χ0n) is 16.0. The van der Waals surface area contributed by atoms with Gasteiger partial charge in [0, 0.05) is 22.5 Å². The Morgan fingerprint density at radius 1 is 1.32 bits per heavy atom. The Bertz CT molecular complexity index is 682. The monoisotopic (exact) mass is 423 g/mol. The number of halogens is 2. The van der Waals surface area contributed by atoms with Crippen molar-refractivity contribution in [3.8, 4) is 5.75 Å². The molecule has 28 heavy (non-hydrogen) atoms. The van der Waals surface area contributed by atoms with Gasteiger partial charge in [-0.25, -0.2) is 4.39 Å². The number of ether oxygens (including phenoxy) is 3. The molecule has 1 aromatic rings. The zero-order valence-corrected chi connectivity index (χ0v) is 16.7. The molecule has 0 spiro atoms. The number of aliphatic hydroxyl groups is 1. The van der Waals surface area contributed by atoms with E-state index >= 15 is 0 Å². The van der Waals surface area contributed by atoms with Crippen LogP contribution in [0.1, 0.15) is 37.5 Å². The average molecular weight is 424 g/mol. The number of methoxy groups -OCH3 is 2. The minimum absolute atomic E-state index is 0.0296. The fraction of sp³-hybridized carbons (Fsp3) is 0.529. The van der Waals surface area contributed by atoms with E-state index in [1.165, 1.54) is 27.2 Å². The van der Waals surface area contributed by atoms with Crippen molar-refractivity contribution in [2.75, 3.05) is 27.4 Å². The van der Waals surface area contributed by atoms with E-state index in [1.807, 2.05) is 0 Å². The second-order valence-electron chi connectivity index (χ2n) is 5.31.